The quantitative estimate of drug-likeness (QED) is 0.225. The molecule has 1 atom stereocenters. The second kappa shape index (κ2) is 20.2. The van der Waals surface area contributed by atoms with Crippen molar-refractivity contribution in [2.24, 2.45) is 0 Å². The Kier molecular flexibility index (Phi) is 20.3. The molecule has 0 amide bonds. The van der Waals surface area contributed by atoms with E-state index < -0.39 is 0 Å². The SMILES string of the molecule is CCCCCCCCCCCCCCCCC(COCC)O[SiH3]. The summed E-state index contributed by atoms with van der Waals surface area (Å²) in [6.45, 7) is 5.94. The van der Waals surface area contributed by atoms with Gasteiger partial charge in [-0.05, 0) is 13.3 Å². The van der Waals surface area contributed by atoms with Crippen LogP contribution in [0.25, 0.3) is 0 Å². The molecule has 0 aromatic heterocycles. The van der Waals surface area contributed by atoms with Gasteiger partial charge in [-0.2, -0.15) is 0 Å². The van der Waals surface area contributed by atoms with Crippen LogP contribution in [0.4, 0.5) is 0 Å². The fraction of sp³-hybridized carbons (Fsp3) is 1.00. The van der Waals surface area contributed by atoms with Gasteiger partial charge in [0.15, 0.2) is 0 Å². The lowest BCUT2D eigenvalue weighted by molar-refractivity contribution is 0.0557. The first-order valence-corrected chi connectivity index (χ1v) is 11.3. The highest BCUT2D eigenvalue weighted by molar-refractivity contribution is 5.98. The summed E-state index contributed by atoms with van der Waals surface area (Å²) >= 11 is 0. The van der Waals surface area contributed by atoms with Crippen molar-refractivity contribution in [3.8, 4) is 0 Å². The van der Waals surface area contributed by atoms with Crippen LogP contribution in [-0.4, -0.2) is 29.8 Å². The molecule has 140 valence electrons. The van der Waals surface area contributed by atoms with Gasteiger partial charge < -0.3 is 9.16 Å². The van der Waals surface area contributed by atoms with Gasteiger partial charge >= 0.3 is 0 Å². The number of hydrogen-bond donors (Lipinski definition) is 0. The Balaban J connectivity index is 3.12. The van der Waals surface area contributed by atoms with Gasteiger partial charge in [0.2, 0.25) is 0 Å². The van der Waals surface area contributed by atoms with Crippen molar-refractivity contribution in [3.05, 3.63) is 0 Å². The smallest absolute Gasteiger partial charge is 0.146 e. The van der Waals surface area contributed by atoms with Gasteiger partial charge in [0.25, 0.3) is 0 Å². The molecule has 0 fully saturated rings. The van der Waals surface area contributed by atoms with Crippen molar-refractivity contribution in [1.29, 1.82) is 0 Å². The molecule has 2 nitrogen and oxygen atoms in total. The van der Waals surface area contributed by atoms with Crippen molar-refractivity contribution in [2.75, 3.05) is 13.2 Å². The first kappa shape index (κ1) is 23.1. The normalized spacial score (nSPS) is 12.8. The molecule has 1 unspecified atom stereocenters. The van der Waals surface area contributed by atoms with Crippen LogP contribution in [0, 0.1) is 0 Å². The third-order valence-corrected chi connectivity index (χ3v) is 5.39. The lowest BCUT2D eigenvalue weighted by atomic mass is 10.0. The van der Waals surface area contributed by atoms with Crippen molar-refractivity contribution >= 4 is 10.5 Å². The fourth-order valence-corrected chi connectivity index (χ4v) is 3.46. The molecule has 0 heterocycles. The number of unbranched alkanes of at least 4 members (excludes halogenated alkanes) is 13. The molecule has 0 aliphatic rings. The van der Waals surface area contributed by atoms with Crippen molar-refractivity contribution in [1.82, 2.24) is 0 Å². The van der Waals surface area contributed by atoms with Crippen LogP contribution in [-0.2, 0) is 9.16 Å². The third kappa shape index (κ3) is 18.3. The predicted octanol–water partition coefficient (Wildman–Crippen LogP) is 5.56. The zero-order valence-corrected chi connectivity index (χ0v) is 18.4. The minimum atomic E-state index is 0.360. The van der Waals surface area contributed by atoms with Gasteiger partial charge in [-0.25, -0.2) is 0 Å². The van der Waals surface area contributed by atoms with Gasteiger partial charge in [0.05, 0.1) is 12.7 Å². The summed E-state index contributed by atoms with van der Waals surface area (Å²) in [5, 5.41) is 0. The van der Waals surface area contributed by atoms with E-state index in [0.29, 0.717) is 6.10 Å². The predicted molar refractivity (Wildman–Crippen MR) is 106 cm³/mol. The zero-order chi connectivity index (χ0) is 17.0. The Bertz CT molecular complexity index is 212. The molecule has 0 saturated heterocycles. The zero-order valence-electron chi connectivity index (χ0n) is 16.4. The molecule has 0 saturated carbocycles. The van der Waals surface area contributed by atoms with Crippen LogP contribution >= 0.6 is 0 Å². The number of ether oxygens (including phenoxy) is 1. The minimum absolute atomic E-state index is 0.360. The highest BCUT2D eigenvalue weighted by atomic mass is 28.2. The van der Waals surface area contributed by atoms with Crippen LogP contribution in [0.2, 0.25) is 0 Å². The Morgan fingerprint density at radius 3 is 1.48 bits per heavy atom. The first-order valence-electron chi connectivity index (χ1n) is 10.5. The lowest BCUT2D eigenvalue weighted by Crippen LogP contribution is -2.18. The van der Waals surface area contributed by atoms with Crippen LogP contribution in [0.1, 0.15) is 110 Å². The summed E-state index contributed by atoms with van der Waals surface area (Å²) in [6.07, 6.45) is 21.5. The summed E-state index contributed by atoms with van der Waals surface area (Å²) in [6, 6.07) is 0. The van der Waals surface area contributed by atoms with E-state index in [1.807, 2.05) is 0 Å². The summed E-state index contributed by atoms with van der Waals surface area (Å²) in [4.78, 5) is 0. The maximum absolute atomic E-state index is 5.58. The molecular weight excluding hydrogens is 300 g/mol. The van der Waals surface area contributed by atoms with Gasteiger partial charge in [-0.3, -0.25) is 0 Å². The minimum Gasteiger partial charge on any atom is -0.423 e. The standard InChI is InChI=1S/C20H44O2Si/c1-3-5-6-7-8-9-10-11-12-13-14-15-16-17-18-20(22-23)19-21-4-2/h20H,3-19H2,1-2,23H3. The average molecular weight is 345 g/mol. The van der Waals surface area contributed by atoms with E-state index in [1.165, 1.54) is 96.3 Å². The Morgan fingerprint density at radius 1 is 0.652 bits per heavy atom. The molecule has 0 radical (unpaired) electrons. The molecule has 0 aromatic rings. The van der Waals surface area contributed by atoms with E-state index in [2.05, 4.69) is 13.8 Å². The Hall–Kier alpha value is 0.137. The maximum Gasteiger partial charge on any atom is 0.146 e. The molecule has 23 heavy (non-hydrogen) atoms. The molecule has 0 bridgehead atoms. The topological polar surface area (TPSA) is 18.5 Å². The second-order valence-corrected chi connectivity index (χ2v) is 7.37. The highest BCUT2D eigenvalue weighted by Crippen LogP contribution is 2.14. The first-order chi connectivity index (χ1) is 11.3. The van der Waals surface area contributed by atoms with E-state index in [-0.39, 0.29) is 0 Å². The lowest BCUT2D eigenvalue weighted by Gasteiger charge is -2.15. The van der Waals surface area contributed by atoms with Crippen molar-refractivity contribution in [2.45, 2.75) is 116 Å². The van der Waals surface area contributed by atoms with E-state index in [0.717, 1.165) is 23.7 Å². The fourth-order valence-electron chi connectivity index (χ4n) is 3.09. The second-order valence-electron chi connectivity index (χ2n) is 6.90. The van der Waals surface area contributed by atoms with E-state index >= 15 is 0 Å². The molecular formula is C20H44O2Si. The molecule has 0 aromatic carbocycles. The van der Waals surface area contributed by atoms with Gasteiger partial charge in [-0.1, -0.05) is 96.8 Å². The van der Waals surface area contributed by atoms with Gasteiger partial charge in [0.1, 0.15) is 10.5 Å². The molecule has 0 aliphatic carbocycles. The number of hydrogen-bond acceptors (Lipinski definition) is 2. The van der Waals surface area contributed by atoms with Gasteiger partial charge in [0, 0.05) is 6.61 Å². The monoisotopic (exact) mass is 344 g/mol. The summed E-state index contributed by atoms with van der Waals surface area (Å²) in [5.41, 5.74) is 0. The van der Waals surface area contributed by atoms with E-state index in [9.17, 15) is 0 Å². The van der Waals surface area contributed by atoms with Crippen molar-refractivity contribution in [3.63, 3.8) is 0 Å². The third-order valence-electron chi connectivity index (χ3n) is 4.72. The number of rotatable bonds is 19. The Labute approximate surface area is 149 Å². The van der Waals surface area contributed by atoms with Crippen LogP contribution in [0.3, 0.4) is 0 Å². The van der Waals surface area contributed by atoms with E-state index in [1.54, 1.807) is 0 Å². The van der Waals surface area contributed by atoms with Crippen LogP contribution in [0.5, 0.6) is 0 Å². The van der Waals surface area contributed by atoms with Crippen LogP contribution < -0.4 is 0 Å². The largest absolute Gasteiger partial charge is 0.423 e. The molecule has 0 spiro atoms. The van der Waals surface area contributed by atoms with Crippen LogP contribution in [0.15, 0.2) is 0 Å². The molecule has 0 N–H and O–H groups in total. The summed E-state index contributed by atoms with van der Waals surface area (Å²) in [5.74, 6) is 0. The van der Waals surface area contributed by atoms with Crippen molar-refractivity contribution < 1.29 is 9.16 Å². The molecule has 0 rings (SSSR count). The highest BCUT2D eigenvalue weighted by Gasteiger charge is 2.05. The van der Waals surface area contributed by atoms with E-state index in [4.69, 9.17) is 9.16 Å². The summed E-state index contributed by atoms with van der Waals surface area (Å²) in [7, 11) is 0.830. The molecule has 3 heteroatoms. The Morgan fingerprint density at radius 2 is 1.09 bits per heavy atom. The van der Waals surface area contributed by atoms with Gasteiger partial charge in [-0.15, -0.1) is 0 Å². The summed E-state index contributed by atoms with van der Waals surface area (Å²) < 4.78 is 11.0. The molecule has 0 aliphatic heterocycles. The maximum atomic E-state index is 5.58. The average Bonchev–Trinajstić information content (AvgIpc) is 2.57.